The van der Waals surface area contributed by atoms with Crippen LogP contribution in [0.3, 0.4) is 0 Å². The van der Waals surface area contributed by atoms with Gasteiger partial charge in [0.15, 0.2) is 0 Å². The van der Waals surface area contributed by atoms with Gasteiger partial charge >= 0.3 is 5.97 Å². The number of rotatable bonds is 4. The molecule has 0 aromatic heterocycles. The second-order valence-corrected chi connectivity index (χ2v) is 3.27. The van der Waals surface area contributed by atoms with Gasteiger partial charge in [-0.05, 0) is 25.9 Å². The molecular weight excluding hydrogens is 166 g/mol. The minimum absolute atomic E-state index is 0.322. The van der Waals surface area contributed by atoms with Crippen LogP contribution in [0, 0.1) is 0 Å². The number of hydrogen-bond donors (Lipinski definition) is 0. The summed E-state index contributed by atoms with van der Waals surface area (Å²) < 4.78 is 4.90. The van der Waals surface area contributed by atoms with Gasteiger partial charge in [0, 0.05) is 12.6 Å². The highest BCUT2D eigenvalue weighted by Crippen LogP contribution is 2.07. The SMILES string of the molecule is C=CC(=O)OCCN1CCCCC1. The summed E-state index contributed by atoms with van der Waals surface area (Å²) in [5.41, 5.74) is 0. The van der Waals surface area contributed by atoms with Gasteiger partial charge in [-0.2, -0.15) is 0 Å². The molecule has 1 aliphatic heterocycles. The monoisotopic (exact) mass is 183 g/mol. The van der Waals surface area contributed by atoms with Crippen LogP contribution in [0.5, 0.6) is 0 Å². The van der Waals surface area contributed by atoms with E-state index in [1.54, 1.807) is 0 Å². The maximum atomic E-state index is 10.7. The largest absolute Gasteiger partial charge is 0.461 e. The Morgan fingerprint density at radius 3 is 2.69 bits per heavy atom. The van der Waals surface area contributed by atoms with Crippen molar-refractivity contribution >= 4 is 5.97 Å². The van der Waals surface area contributed by atoms with Crippen molar-refractivity contribution in [1.29, 1.82) is 0 Å². The second-order valence-electron chi connectivity index (χ2n) is 3.27. The fourth-order valence-corrected chi connectivity index (χ4v) is 1.52. The molecule has 0 saturated carbocycles. The minimum atomic E-state index is -0.322. The van der Waals surface area contributed by atoms with E-state index in [0.29, 0.717) is 6.61 Å². The number of carbonyl (C=O) groups is 1. The van der Waals surface area contributed by atoms with Crippen LogP contribution in [0.1, 0.15) is 19.3 Å². The lowest BCUT2D eigenvalue weighted by Gasteiger charge is -2.25. The maximum absolute atomic E-state index is 10.7. The Kier molecular flexibility index (Phi) is 4.54. The number of carbonyl (C=O) groups excluding carboxylic acids is 1. The lowest BCUT2D eigenvalue weighted by molar-refractivity contribution is -0.138. The average Bonchev–Trinajstić information content (AvgIpc) is 2.19. The third kappa shape index (κ3) is 4.08. The van der Waals surface area contributed by atoms with Gasteiger partial charge in [-0.3, -0.25) is 4.90 Å². The molecule has 0 radical (unpaired) electrons. The molecule has 0 unspecified atom stereocenters. The van der Waals surface area contributed by atoms with E-state index in [-0.39, 0.29) is 5.97 Å². The predicted octanol–water partition coefficient (Wildman–Crippen LogP) is 1.20. The zero-order chi connectivity index (χ0) is 9.52. The van der Waals surface area contributed by atoms with E-state index in [2.05, 4.69) is 11.5 Å². The van der Waals surface area contributed by atoms with Crippen molar-refractivity contribution in [2.45, 2.75) is 19.3 Å². The summed E-state index contributed by atoms with van der Waals surface area (Å²) in [6.45, 7) is 6.98. The van der Waals surface area contributed by atoms with E-state index < -0.39 is 0 Å². The summed E-state index contributed by atoms with van der Waals surface area (Å²) in [6, 6.07) is 0. The summed E-state index contributed by atoms with van der Waals surface area (Å²) in [4.78, 5) is 13.0. The molecule has 1 fully saturated rings. The lowest BCUT2D eigenvalue weighted by Crippen LogP contribution is -2.33. The predicted molar refractivity (Wildman–Crippen MR) is 51.4 cm³/mol. The van der Waals surface area contributed by atoms with Gasteiger partial charge in [-0.15, -0.1) is 0 Å². The second kappa shape index (κ2) is 5.75. The van der Waals surface area contributed by atoms with Gasteiger partial charge in [0.05, 0.1) is 0 Å². The summed E-state index contributed by atoms with van der Waals surface area (Å²) in [5.74, 6) is -0.322. The van der Waals surface area contributed by atoms with Crippen LogP contribution in [0.25, 0.3) is 0 Å². The molecule has 3 heteroatoms. The van der Waals surface area contributed by atoms with Gasteiger partial charge in [-0.1, -0.05) is 13.0 Å². The topological polar surface area (TPSA) is 29.5 Å². The van der Waals surface area contributed by atoms with Gasteiger partial charge in [0.1, 0.15) is 6.61 Å². The van der Waals surface area contributed by atoms with Crippen LogP contribution in [0.15, 0.2) is 12.7 Å². The first-order valence-electron chi connectivity index (χ1n) is 4.84. The first-order valence-corrected chi connectivity index (χ1v) is 4.84. The minimum Gasteiger partial charge on any atom is -0.461 e. The molecular formula is C10H17NO2. The van der Waals surface area contributed by atoms with Crippen molar-refractivity contribution < 1.29 is 9.53 Å². The standard InChI is InChI=1S/C10H17NO2/c1-2-10(12)13-9-8-11-6-4-3-5-7-11/h2H,1,3-9H2. The molecule has 1 aliphatic rings. The Hall–Kier alpha value is -0.830. The Morgan fingerprint density at radius 1 is 1.38 bits per heavy atom. The Morgan fingerprint density at radius 2 is 2.08 bits per heavy atom. The number of hydrogen-bond acceptors (Lipinski definition) is 3. The first kappa shape index (κ1) is 10.3. The lowest BCUT2D eigenvalue weighted by atomic mass is 10.1. The van der Waals surface area contributed by atoms with E-state index >= 15 is 0 Å². The third-order valence-corrected chi connectivity index (χ3v) is 2.27. The van der Waals surface area contributed by atoms with Crippen molar-refractivity contribution in [1.82, 2.24) is 4.90 Å². The zero-order valence-corrected chi connectivity index (χ0v) is 8.00. The third-order valence-electron chi connectivity index (χ3n) is 2.27. The van der Waals surface area contributed by atoms with Gasteiger partial charge in [0.2, 0.25) is 0 Å². The van der Waals surface area contributed by atoms with Crippen LogP contribution in [-0.2, 0) is 9.53 Å². The van der Waals surface area contributed by atoms with E-state index in [9.17, 15) is 4.79 Å². The van der Waals surface area contributed by atoms with E-state index in [1.807, 2.05) is 0 Å². The summed E-state index contributed by atoms with van der Waals surface area (Å²) in [7, 11) is 0. The van der Waals surface area contributed by atoms with Gasteiger partial charge < -0.3 is 4.74 Å². The molecule has 0 aromatic carbocycles. The quantitative estimate of drug-likeness (QED) is 0.484. The molecule has 0 atom stereocenters. The van der Waals surface area contributed by atoms with E-state index in [0.717, 1.165) is 19.6 Å². The van der Waals surface area contributed by atoms with Crippen LogP contribution < -0.4 is 0 Å². The number of ether oxygens (including phenoxy) is 1. The Bertz CT molecular complexity index is 174. The number of likely N-dealkylation sites (tertiary alicyclic amines) is 1. The van der Waals surface area contributed by atoms with Gasteiger partial charge in [0.25, 0.3) is 0 Å². The van der Waals surface area contributed by atoms with Crippen LogP contribution in [-0.4, -0.2) is 37.1 Å². The highest BCUT2D eigenvalue weighted by molar-refractivity contribution is 5.81. The normalized spacial score (nSPS) is 18.2. The highest BCUT2D eigenvalue weighted by atomic mass is 16.5. The molecule has 0 N–H and O–H groups in total. The highest BCUT2D eigenvalue weighted by Gasteiger charge is 2.09. The molecule has 13 heavy (non-hydrogen) atoms. The average molecular weight is 183 g/mol. The fourth-order valence-electron chi connectivity index (χ4n) is 1.52. The van der Waals surface area contributed by atoms with Gasteiger partial charge in [-0.25, -0.2) is 4.79 Å². The van der Waals surface area contributed by atoms with Crippen LogP contribution in [0.4, 0.5) is 0 Å². The van der Waals surface area contributed by atoms with Crippen molar-refractivity contribution in [2.75, 3.05) is 26.2 Å². The van der Waals surface area contributed by atoms with Crippen molar-refractivity contribution in [2.24, 2.45) is 0 Å². The molecule has 1 heterocycles. The molecule has 0 amide bonds. The molecule has 0 spiro atoms. The Labute approximate surface area is 79.4 Å². The molecule has 0 bridgehead atoms. The molecule has 1 rings (SSSR count). The number of esters is 1. The number of nitrogens with zero attached hydrogens (tertiary/aromatic N) is 1. The molecule has 3 nitrogen and oxygen atoms in total. The van der Waals surface area contributed by atoms with Crippen LogP contribution in [0.2, 0.25) is 0 Å². The smallest absolute Gasteiger partial charge is 0.330 e. The van der Waals surface area contributed by atoms with E-state index in [1.165, 1.54) is 25.3 Å². The van der Waals surface area contributed by atoms with Crippen molar-refractivity contribution in [3.63, 3.8) is 0 Å². The van der Waals surface area contributed by atoms with Crippen molar-refractivity contribution in [3.8, 4) is 0 Å². The Balaban J connectivity index is 2.04. The summed E-state index contributed by atoms with van der Waals surface area (Å²) >= 11 is 0. The fraction of sp³-hybridized carbons (Fsp3) is 0.700. The molecule has 0 aromatic rings. The van der Waals surface area contributed by atoms with E-state index in [4.69, 9.17) is 4.74 Å². The first-order chi connectivity index (χ1) is 6.33. The zero-order valence-electron chi connectivity index (χ0n) is 8.00. The summed E-state index contributed by atoms with van der Waals surface area (Å²) in [6.07, 6.45) is 5.09. The number of piperidine rings is 1. The van der Waals surface area contributed by atoms with Crippen LogP contribution >= 0.6 is 0 Å². The summed E-state index contributed by atoms with van der Waals surface area (Å²) in [5, 5.41) is 0. The maximum Gasteiger partial charge on any atom is 0.330 e. The van der Waals surface area contributed by atoms with Crippen molar-refractivity contribution in [3.05, 3.63) is 12.7 Å². The molecule has 1 saturated heterocycles. The molecule has 74 valence electrons. The molecule has 0 aliphatic carbocycles.